The lowest BCUT2D eigenvalue weighted by molar-refractivity contribution is 0.0427. The maximum Gasteiger partial charge on any atom is 0.127 e. The topological polar surface area (TPSA) is 21.1 Å². The van der Waals surface area contributed by atoms with Crippen molar-refractivity contribution in [3.63, 3.8) is 0 Å². The van der Waals surface area contributed by atoms with Gasteiger partial charge in [-0.25, -0.2) is 4.98 Å². The number of halogens is 2. The van der Waals surface area contributed by atoms with Gasteiger partial charge in [-0.1, -0.05) is 17.7 Å². The monoisotopic (exact) mass is 325 g/mol. The summed E-state index contributed by atoms with van der Waals surface area (Å²) in [6.07, 6.45) is 3.73. The molecule has 1 fully saturated rings. The highest BCUT2D eigenvalue weighted by molar-refractivity contribution is 6.35. The summed E-state index contributed by atoms with van der Waals surface area (Å²) >= 11 is 12.7. The summed E-state index contributed by atoms with van der Waals surface area (Å²) in [6, 6.07) is 5.95. The van der Waals surface area contributed by atoms with Gasteiger partial charge in [0.25, 0.3) is 0 Å². The van der Waals surface area contributed by atoms with E-state index < -0.39 is 0 Å². The van der Waals surface area contributed by atoms with Gasteiger partial charge in [0.05, 0.1) is 15.9 Å². The van der Waals surface area contributed by atoms with Crippen LogP contribution in [0.3, 0.4) is 0 Å². The molecule has 0 spiro atoms. The molecule has 0 bridgehead atoms. The van der Waals surface area contributed by atoms with Crippen LogP contribution in [-0.2, 0) is 6.54 Å². The predicted molar refractivity (Wildman–Crippen MR) is 89.3 cm³/mol. The van der Waals surface area contributed by atoms with Crippen LogP contribution in [0.4, 0.5) is 0 Å². The average molecular weight is 326 g/mol. The van der Waals surface area contributed by atoms with Crippen LogP contribution in [0, 0.1) is 0 Å². The molecule has 0 amide bonds. The first-order chi connectivity index (χ1) is 9.94. The first kappa shape index (κ1) is 15.1. The third-order valence-corrected chi connectivity index (χ3v) is 5.30. The second-order valence-corrected chi connectivity index (χ2v) is 7.31. The minimum absolute atomic E-state index is 0.132. The Kier molecular flexibility index (Phi) is 3.93. The molecule has 21 heavy (non-hydrogen) atoms. The average Bonchev–Trinajstić information content (AvgIpc) is 2.73. The van der Waals surface area contributed by atoms with E-state index in [0.717, 1.165) is 23.4 Å². The normalized spacial score (nSPS) is 19.0. The van der Waals surface area contributed by atoms with Gasteiger partial charge in [-0.2, -0.15) is 0 Å². The van der Waals surface area contributed by atoms with E-state index in [-0.39, 0.29) is 10.9 Å². The summed E-state index contributed by atoms with van der Waals surface area (Å²) in [7, 11) is 4.32. The highest BCUT2D eigenvalue weighted by Gasteiger charge is 2.40. The number of nitrogens with zero attached hydrogens (tertiary/aromatic N) is 3. The van der Waals surface area contributed by atoms with Crippen LogP contribution in [0.5, 0.6) is 0 Å². The van der Waals surface area contributed by atoms with E-state index in [4.69, 9.17) is 28.2 Å². The molecule has 1 unspecified atom stereocenters. The lowest BCUT2D eigenvalue weighted by Gasteiger charge is -2.48. The Bertz CT molecular complexity index is 657. The molecule has 1 aliphatic carbocycles. The summed E-state index contributed by atoms with van der Waals surface area (Å²) in [5, 5.41) is 0.560. The molecule has 1 aromatic carbocycles. The van der Waals surface area contributed by atoms with Crippen molar-refractivity contribution in [2.45, 2.75) is 43.6 Å². The summed E-state index contributed by atoms with van der Waals surface area (Å²) in [6.45, 7) is 2.89. The van der Waals surface area contributed by atoms with Gasteiger partial charge >= 0.3 is 0 Å². The van der Waals surface area contributed by atoms with E-state index in [1.54, 1.807) is 0 Å². The molecule has 1 heterocycles. The van der Waals surface area contributed by atoms with Gasteiger partial charge in [-0.3, -0.25) is 0 Å². The number of likely N-dealkylation sites (N-methyl/N-ethyl adjacent to an activating group) is 1. The summed E-state index contributed by atoms with van der Waals surface area (Å²) < 4.78 is 2.26. The highest BCUT2D eigenvalue weighted by Crippen LogP contribution is 2.40. The lowest BCUT2D eigenvalue weighted by atomic mass is 9.75. The number of benzene rings is 1. The minimum Gasteiger partial charge on any atom is -0.325 e. The van der Waals surface area contributed by atoms with E-state index in [9.17, 15) is 0 Å². The lowest BCUT2D eigenvalue weighted by Crippen LogP contribution is -2.53. The molecule has 0 aliphatic heterocycles. The van der Waals surface area contributed by atoms with Crippen molar-refractivity contribution in [3.8, 4) is 0 Å². The second-order valence-electron chi connectivity index (χ2n) is 6.25. The summed E-state index contributed by atoms with van der Waals surface area (Å²) in [5.74, 6) is 0.910. The minimum atomic E-state index is -0.132. The largest absolute Gasteiger partial charge is 0.325 e. The molecule has 1 aliphatic rings. The van der Waals surface area contributed by atoms with Gasteiger partial charge in [0.2, 0.25) is 0 Å². The van der Waals surface area contributed by atoms with Crippen LogP contribution >= 0.6 is 23.2 Å². The molecule has 0 saturated heterocycles. The number of fused-ring (bicyclic) bond motifs is 1. The Balaban J connectivity index is 2.12. The zero-order valence-electron chi connectivity index (χ0n) is 12.7. The Morgan fingerprint density at radius 3 is 2.62 bits per heavy atom. The van der Waals surface area contributed by atoms with Crippen LogP contribution in [0.25, 0.3) is 11.0 Å². The molecule has 114 valence electrons. The van der Waals surface area contributed by atoms with E-state index in [2.05, 4.69) is 29.6 Å². The fourth-order valence-corrected chi connectivity index (χ4v) is 3.60. The van der Waals surface area contributed by atoms with Crippen molar-refractivity contribution in [2.24, 2.45) is 0 Å². The molecular weight excluding hydrogens is 305 g/mol. The van der Waals surface area contributed by atoms with Gasteiger partial charge in [0.1, 0.15) is 11.3 Å². The number of rotatable bonds is 4. The first-order valence-corrected chi connectivity index (χ1v) is 8.22. The number of hydrogen-bond donors (Lipinski definition) is 0. The van der Waals surface area contributed by atoms with E-state index in [1.165, 1.54) is 19.3 Å². The van der Waals surface area contributed by atoms with Crippen molar-refractivity contribution in [1.29, 1.82) is 0 Å². The number of para-hydroxylation sites is 1. The number of hydrogen-bond acceptors (Lipinski definition) is 2. The first-order valence-electron chi connectivity index (χ1n) is 7.41. The van der Waals surface area contributed by atoms with Crippen molar-refractivity contribution in [3.05, 3.63) is 29.0 Å². The van der Waals surface area contributed by atoms with Gasteiger partial charge in [-0.05, 0) is 52.4 Å². The Labute approximate surface area is 135 Å². The van der Waals surface area contributed by atoms with Crippen molar-refractivity contribution >= 4 is 34.2 Å². The van der Waals surface area contributed by atoms with Crippen LogP contribution in [0.2, 0.25) is 5.02 Å². The molecule has 2 aromatic rings. The van der Waals surface area contributed by atoms with Crippen LogP contribution in [0.1, 0.15) is 37.4 Å². The molecule has 0 radical (unpaired) electrons. The van der Waals surface area contributed by atoms with E-state index in [1.807, 2.05) is 19.1 Å². The zero-order valence-corrected chi connectivity index (χ0v) is 14.2. The molecule has 5 heteroatoms. The molecule has 1 aromatic heterocycles. The standard InChI is InChI=1S/C16H21Cl2N3/c1-11(17)15-19-14-12(18)6-4-7-13(14)21(15)10-16(20(2)3)8-5-9-16/h4,6-7,11H,5,8-10H2,1-3H3. The second kappa shape index (κ2) is 5.45. The van der Waals surface area contributed by atoms with Gasteiger partial charge in [0, 0.05) is 12.1 Å². The fourth-order valence-electron chi connectivity index (χ4n) is 3.23. The smallest absolute Gasteiger partial charge is 0.127 e. The van der Waals surface area contributed by atoms with Gasteiger partial charge < -0.3 is 9.47 Å². The third-order valence-electron chi connectivity index (χ3n) is 4.80. The maximum absolute atomic E-state index is 6.36. The number of alkyl halides is 1. The third kappa shape index (κ3) is 2.45. The van der Waals surface area contributed by atoms with Crippen molar-refractivity contribution in [2.75, 3.05) is 14.1 Å². The molecule has 1 atom stereocenters. The quantitative estimate of drug-likeness (QED) is 0.773. The van der Waals surface area contributed by atoms with Crippen LogP contribution in [-0.4, -0.2) is 34.1 Å². The molecule has 3 rings (SSSR count). The van der Waals surface area contributed by atoms with Gasteiger partial charge in [-0.15, -0.1) is 11.6 Å². The van der Waals surface area contributed by atoms with Crippen LogP contribution in [0.15, 0.2) is 18.2 Å². The zero-order chi connectivity index (χ0) is 15.2. The highest BCUT2D eigenvalue weighted by atomic mass is 35.5. The van der Waals surface area contributed by atoms with E-state index in [0.29, 0.717) is 5.02 Å². The Morgan fingerprint density at radius 2 is 2.10 bits per heavy atom. The maximum atomic E-state index is 6.36. The van der Waals surface area contributed by atoms with Crippen LogP contribution < -0.4 is 0 Å². The molecule has 3 nitrogen and oxygen atoms in total. The molecular formula is C16H21Cl2N3. The predicted octanol–water partition coefficient (Wildman–Crippen LogP) is 4.47. The number of aromatic nitrogens is 2. The molecule has 1 saturated carbocycles. The Morgan fingerprint density at radius 1 is 1.38 bits per heavy atom. The van der Waals surface area contributed by atoms with E-state index >= 15 is 0 Å². The fraction of sp³-hybridized carbons (Fsp3) is 0.562. The number of imidazole rings is 1. The molecule has 0 N–H and O–H groups in total. The summed E-state index contributed by atoms with van der Waals surface area (Å²) in [5.41, 5.74) is 2.16. The van der Waals surface area contributed by atoms with Gasteiger partial charge in [0.15, 0.2) is 0 Å². The summed E-state index contributed by atoms with van der Waals surface area (Å²) in [4.78, 5) is 7.04. The Hall–Kier alpha value is -0.770. The van der Waals surface area contributed by atoms with Crippen molar-refractivity contribution < 1.29 is 0 Å². The SMILES string of the molecule is CC(Cl)c1nc2c(Cl)cccc2n1CC1(N(C)C)CCC1. The van der Waals surface area contributed by atoms with Crippen molar-refractivity contribution in [1.82, 2.24) is 14.5 Å².